The lowest BCUT2D eigenvalue weighted by atomic mass is 10.2. The van der Waals surface area contributed by atoms with Gasteiger partial charge in [0.1, 0.15) is 5.75 Å². The van der Waals surface area contributed by atoms with E-state index in [1.165, 1.54) is 0 Å². The van der Waals surface area contributed by atoms with Crippen LogP contribution in [0, 0.1) is 0 Å². The van der Waals surface area contributed by atoms with E-state index in [2.05, 4.69) is 20.8 Å². The van der Waals surface area contributed by atoms with Crippen molar-refractivity contribution in [3.63, 3.8) is 0 Å². The maximum absolute atomic E-state index is 12.2. The SMILES string of the molecule is COc1ccc(C(=O)Nc2ccc(Nc3c(Cl)cccc3Cl)nn2)cc1. The number of hydrogen-bond donors (Lipinski definition) is 2. The highest BCUT2D eigenvalue weighted by Gasteiger charge is 2.09. The summed E-state index contributed by atoms with van der Waals surface area (Å²) in [4.78, 5) is 12.2. The molecular formula is C18H14Cl2N4O2. The summed E-state index contributed by atoms with van der Waals surface area (Å²) in [5.41, 5.74) is 1.03. The summed E-state index contributed by atoms with van der Waals surface area (Å²) in [6, 6.07) is 15.2. The summed E-state index contributed by atoms with van der Waals surface area (Å²) in [6.45, 7) is 0. The molecule has 3 aromatic rings. The zero-order valence-corrected chi connectivity index (χ0v) is 15.2. The van der Waals surface area contributed by atoms with E-state index in [-0.39, 0.29) is 5.91 Å². The van der Waals surface area contributed by atoms with Crippen molar-refractivity contribution in [2.45, 2.75) is 0 Å². The Morgan fingerprint density at radius 2 is 1.54 bits per heavy atom. The van der Waals surface area contributed by atoms with Gasteiger partial charge in [-0.05, 0) is 48.5 Å². The molecule has 0 saturated carbocycles. The number of anilines is 3. The summed E-state index contributed by atoms with van der Waals surface area (Å²) >= 11 is 12.2. The Kier molecular flexibility index (Phi) is 5.55. The second-order valence-electron chi connectivity index (χ2n) is 5.21. The van der Waals surface area contributed by atoms with Crippen LogP contribution in [0.15, 0.2) is 54.6 Å². The number of benzene rings is 2. The fourth-order valence-corrected chi connectivity index (χ4v) is 2.63. The molecule has 6 nitrogen and oxygen atoms in total. The molecule has 26 heavy (non-hydrogen) atoms. The minimum absolute atomic E-state index is 0.295. The Bertz CT molecular complexity index is 895. The van der Waals surface area contributed by atoms with Crippen LogP contribution in [0.3, 0.4) is 0 Å². The third-order valence-electron chi connectivity index (χ3n) is 3.47. The van der Waals surface area contributed by atoms with Crippen molar-refractivity contribution < 1.29 is 9.53 Å². The van der Waals surface area contributed by atoms with Crippen LogP contribution in [0.1, 0.15) is 10.4 Å². The zero-order valence-electron chi connectivity index (χ0n) is 13.7. The number of methoxy groups -OCH3 is 1. The lowest BCUT2D eigenvalue weighted by molar-refractivity contribution is 0.102. The average Bonchev–Trinajstić information content (AvgIpc) is 2.66. The predicted octanol–water partition coefficient (Wildman–Crippen LogP) is 4.79. The van der Waals surface area contributed by atoms with Gasteiger partial charge >= 0.3 is 0 Å². The Balaban J connectivity index is 1.68. The monoisotopic (exact) mass is 388 g/mol. The topological polar surface area (TPSA) is 76.1 Å². The fourth-order valence-electron chi connectivity index (χ4n) is 2.14. The second-order valence-corrected chi connectivity index (χ2v) is 6.02. The van der Waals surface area contributed by atoms with E-state index in [0.717, 1.165) is 0 Å². The normalized spacial score (nSPS) is 10.3. The Morgan fingerprint density at radius 3 is 2.12 bits per heavy atom. The number of para-hydroxylation sites is 1. The zero-order chi connectivity index (χ0) is 18.5. The summed E-state index contributed by atoms with van der Waals surface area (Å²) in [6.07, 6.45) is 0. The lowest BCUT2D eigenvalue weighted by Crippen LogP contribution is -2.13. The van der Waals surface area contributed by atoms with Crippen LogP contribution in [-0.4, -0.2) is 23.2 Å². The number of nitrogens with zero attached hydrogens (tertiary/aromatic N) is 2. The first-order valence-electron chi connectivity index (χ1n) is 7.57. The van der Waals surface area contributed by atoms with Gasteiger partial charge in [0.05, 0.1) is 22.8 Å². The van der Waals surface area contributed by atoms with Gasteiger partial charge in [-0.25, -0.2) is 0 Å². The number of carbonyl (C=O) groups is 1. The number of carbonyl (C=O) groups excluding carboxylic acids is 1. The number of amides is 1. The van der Waals surface area contributed by atoms with Gasteiger partial charge in [-0.3, -0.25) is 4.79 Å². The molecule has 0 aliphatic heterocycles. The van der Waals surface area contributed by atoms with Gasteiger partial charge in [-0.2, -0.15) is 0 Å². The Hall–Kier alpha value is -2.83. The van der Waals surface area contributed by atoms with Crippen molar-refractivity contribution in [3.8, 4) is 5.75 Å². The first-order valence-corrected chi connectivity index (χ1v) is 8.32. The van der Waals surface area contributed by atoms with Gasteiger partial charge in [0.2, 0.25) is 0 Å². The Morgan fingerprint density at radius 1 is 0.923 bits per heavy atom. The first-order chi connectivity index (χ1) is 12.6. The molecule has 0 fully saturated rings. The van der Waals surface area contributed by atoms with Crippen molar-refractivity contribution in [2.24, 2.45) is 0 Å². The predicted molar refractivity (Wildman–Crippen MR) is 103 cm³/mol. The molecule has 132 valence electrons. The minimum Gasteiger partial charge on any atom is -0.497 e. The van der Waals surface area contributed by atoms with Crippen LogP contribution in [0.25, 0.3) is 0 Å². The third kappa shape index (κ3) is 4.22. The maximum atomic E-state index is 12.2. The molecule has 0 bridgehead atoms. The standard InChI is InChI=1S/C18H14Cl2N4O2/c1-26-12-7-5-11(6-8-12)18(25)22-16-10-9-15(23-24-16)21-17-13(19)3-2-4-14(17)20/h2-10H,1H3,(H,21,23)(H,22,24,25). The number of aromatic nitrogens is 2. The molecule has 1 amide bonds. The van der Waals surface area contributed by atoms with Crippen LogP contribution >= 0.6 is 23.2 Å². The van der Waals surface area contributed by atoms with Crippen molar-refractivity contribution in [2.75, 3.05) is 17.7 Å². The second kappa shape index (κ2) is 8.03. The molecule has 0 radical (unpaired) electrons. The minimum atomic E-state index is -0.295. The van der Waals surface area contributed by atoms with Crippen molar-refractivity contribution in [1.29, 1.82) is 0 Å². The molecule has 2 aromatic carbocycles. The largest absolute Gasteiger partial charge is 0.497 e. The summed E-state index contributed by atoms with van der Waals surface area (Å²) in [5, 5.41) is 14.6. The highest BCUT2D eigenvalue weighted by atomic mass is 35.5. The van der Waals surface area contributed by atoms with E-state index >= 15 is 0 Å². The molecule has 0 aliphatic rings. The molecule has 1 heterocycles. The van der Waals surface area contributed by atoms with Crippen LogP contribution < -0.4 is 15.4 Å². The van der Waals surface area contributed by atoms with Crippen LogP contribution in [0.5, 0.6) is 5.75 Å². The van der Waals surface area contributed by atoms with Crippen LogP contribution in [-0.2, 0) is 0 Å². The highest BCUT2D eigenvalue weighted by Crippen LogP contribution is 2.31. The van der Waals surface area contributed by atoms with Crippen molar-refractivity contribution in [3.05, 3.63) is 70.2 Å². The molecule has 2 N–H and O–H groups in total. The van der Waals surface area contributed by atoms with E-state index in [4.69, 9.17) is 27.9 Å². The quantitative estimate of drug-likeness (QED) is 0.656. The van der Waals surface area contributed by atoms with E-state index in [0.29, 0.717) is 38.7 Å². The third-order valence-corrected chi connectivity index (χ3v) is 4.10. The number of hydrogen-bond acceptors (Lipinski definition) is 5. The van der Waals surface area contributed by atoms with E-state index in [1.54, 1.807) is 61.7 Å². The molecule has 8 heteroatoms. The first kappa shape index (κ1) is 18.0. The summed E-state index contributed by atoms with van der Waals surface area (Å²) < 4.78 is 5.07. The van der Waals surface area contributed by atoms with Crippen molar-refractivity contribution in [1.82, 2.24) is 10.2 Å². The van der Waals surface area contributed by atoms with E-state index < -0.39 is 0 Å². The lowest BCUT2D eigenvalue weighted by Gasteiger charge is -2.09. The van der Waals surface area contributed by atoms with Crippen LogP contribution in [0.4, 0.5) is 17.3 Å². The number of nitrogens with one attached hydrogen (secondary N) is 2. The smallest absolute Gasteiger partial charge is 0.256 e. The maximum Gasteiger partial charge on any atom is 0.256 e. The highest BCUT2D eigenvalue weighted by molar-refractivity contribution is 6.39. The molecule has 3 rings (SSSR count). The van der Waals surface area contributed by atoms with Gasteiger partial charge in [-0.1, -0.05) is 29.3 Å². The number of halogens is 2. The summed E-state index contributed by atoms with van der Waals surface area (Å²) in [7, 11) is 1.57. The van der Waals surface area contributed by atoms with Crippen LogP contribution in [0.2, 0.25) is 10.0 Å². The molecule has 0 spiro atoms. The molecule has 0 aliphatic carbocycles. The van der Waals surface area contributed by atoms with Gasteiger partial charge in [-0.15, -0.1) is 10.2 Å². The molecule has 1 aromatic heterocycles. The van der Waals surface area contributed by atoms with E-state index in [9.17, 15) is 4.79 Å². The Labute approximate surface area is 160 Å². The summed E-state index contributed by atoms with van der Waals surface area (Å²) in [5.74, 6) is 1.15. The van der Waals surface area contributed by atoms with E-state index in [1.807, 2.05) is 0 Å². The molecule has 0 saturated heterocycles. The van der Waals surface area contributed by atoms with Gasteiger partial charge in [0.15, 0.2) is 11.6 Å². The molecule has 0 atom stereocenters. The fraction of sp³-hybridized carbons (Fsp3) is 0.0556. The average molecular weight is 389 g/mol. The van der Waals surface area contributed by atoms with Crippen molar-refractivity contribution >= 4 is 46.4 Å². The van der Waals surface area contributed by atoms with Gasteiger partial charge in [0, 0.05) is 5.56 Å². The molecular weight excluding hydrogens is 375 g/mol. The van der Waals surface area contributed by atoms with Gasteiger partial charge < -0.3 is 15.4 Å². The molecule has 0 unspecified atom stereocenters. The van der Waals surface area contributed by atoms with Gasteiger partial charge in [0.25, 0.3) is 5.91 Å². The number of rotatable bonds is 5. The number of ether oxygens (including phenoxy) is 1.